The van der Waals surface area contributed by atoms with Crippen molar-refractivity contribution in [3.05, 3.63) is 70.0 Å². The van der Waals surface area contributed by atoms with E-state index in [0.717, 1.165) is 58.2 Å². The third kappa shape index (κ3) is 5.51. The summed E-state index contributed by atoms with van der Waals surface area (Å²) in [4.78, 5) is 12.2. The first-order valence-corrected chi connectivity index (χ1v) is 12.5. The van der Waals surface area contributed by atoms with E-state index in [1.54, 1.807) is 0 Å². The summed E-state index contributed by atoms with van der Waals surface area (Å²) in [5, 5.41) is 8.77. The number of hydrazine groups is 1. The van der Waals surface area contributed by atoms with Gasteiger partial charge in [-0.05, 0) is 93.3 Å². The molecule has 0 spiro atoms. The molecule has 1 aliphatic rings. The number of anilines is 1. The first-order valence-electron chi connectivity index (χ1n) is 12.5. The maximum Gasteiger partial charge on any atom is 0.335 e. The summed E-state index contributed by atoms with van der Waals surface area (Å²) in [6.45, 7) is 8.88. The van der Waals surface area contributed by atoms with Crippen molar-refractivity contribution in [3.63, 3.8) is 0 Å². The predicted molar refractivity (Wildman–Crippen MR) is 140 cm³/mol. The van der Waals surface area contributed by atoms with Gasteiger partial charge in [0.15, 0.2) is 0 Å². The van der Waals surface area contributed by atoms with Gasteiger partial charge in [-0.2, -0.15) is 5.10 Å². The average molecular weight is 476 g/mol. The van der Waals surface area contributed by atoms with Crippen LogP contribution in [0.5, 0.6) is 5.75 Å². The van der Waals surface area contributed by atoms with Crippen LogP contribution in [0.4, 0.5) is 10.5 Å². The fourth-order valence-electron chi connectivity index (χ4n) is 4.58. The molecule has 4 rings (SSSR count). The van der Waals surface area contributed by atoms with Crippen LogP contribution < -0.4 is 15.9 Å². The third-order valence-electron chi connectivity index (χ3n) is 6.79. The van der Waals surface area contributed by atoms with Crippen molar-refractivity contribution in [1.82, 2.24) is 14.8 Å². The smallest absolute Gasteiger partial charge is 0.335 e. The van der Waals surface area contributed by atoms with Gasteiger partial charge in [0.05, 0.1) is 11.4 Å². The van der Waals surface area contributed by atoms with E-state index in [9.17, 15) is 4.79 Å². The van der Waals surface area contributed by atoms with Gasteiger partial charge < -0.3 is 10.1 Å². The Morgan fingerprint density at radius 2 is 1.97 bits per heavy atom. The topological polar surface area (TPSA) is 85.4 Å². The molecule has 0 radical (unpaired) electrons. The zero-order valence-corrected chi connectivity index (χ0v) is 21.5. The van der Waals surface area contributed by atoms with Gasteiger partial charge >= 0.3 is 6.03 Å². The van der Waals surface area contributed by atoms with Gasteiger partial charge in [0.2, 0.25) is 0 Å². The molecule has 0 atom stereocenters. The van der Waals surface area contributed by atoms with E-state index in [-0.39, 0.29) is 6.03 Å². The Bertz CT molecular complexity index is 1210. The Kier molecular flexibility index (Phi) is 7.45. The van der Waals surface area contributed by atoms with Crippen molar-refractivity contribution in [2.45, 2.75) is 72.3 Å². The molecule has 35 heavy (non-hydrogen) atoms. The minimum absolute atomic E-state index is 0.358. The van der Waals surface area contributed by atoms with Crippen LogP contribution in [0.15, 0.2) is 36.4 Å². The molecular weight excluding hydrogens is 438 g/mol. The largest absolute Gasteiger partial charge is 0.489 e. The summed E-state index contributed by atoms with van der Waals surface area (Å²) >= 11 is 0. The summed E-state index contributed by atoms with van der Waals surface area (Å²) in [7, 11) is 1.52. The molecule has 0 saturated heterocycles. The summed E-state index contributed by atoms with van der Waals surface area (Å²) in [5.74, 6) is 6.96. The van der Waals surface area contributed by atoms with Crippen LogP contribution in [-0.4, -0.2) is 27.9 Å². The Morgan fingerprint density at radius 1 is 1.20 bits per heavy atom. The Morgan fingerprint density at radius 3 is 2.63 bits per heavy atom. The summed E-state index contributed by atoms with van der Waals surface area (Å²) in [6, 6.07) is 11.9. The van der Waals surface area contributed by atoms with Crippen LogP contribution in [0.25, 0.3) is 5.69 Å². The van der Waals surface area contributed by atoms with Gasteiger partial charge in [0, 0.05) is 24.0 Å². The highest BCUT2D eigenvalue weighted by Gasteiger charge is 2.28. The van der Waals surface area contributed by atoms with E-state index in [1.807, 2.05) is 22.9 Å². The van der Waals surface area contributed by atoms with Crippen molar-refractivity contribution >= 4 is 11.7 Å². The summed E-state index contributed by atoms with van der Waals surface area (Å²) in [5.41, 5.74) is 8.71. The number of aromatic nitrogens is 2. The van der Waals surface area contributed by atoms with E-state index >= 15 is 0 Å². The van der Waals surface area contributed by atoms with E-state index in [0.29, 0.717) is 12.5 Å². The zero-order chi connectivity index (χ0) is 25.1. The SMILES string of the molecule is CCCCc1c(C)nn(-c2ccc(OCc3c(NC(=O)N(C)N)cccc3C3CC3)c(C)c2)c1C. The molecule has 1 heterocycles. The molecule has 1 saturated carbocycles. The number of carbonyl (C=O) groups excluding carboxylic acids is 1. The average Bonchev–Trinajstić information content (AvgIpc) is 3.63. The predicted octanol–water partition coefficient (Wildman–Crippen LogP) is 5.93. The first-order chi connectivity index (χ1) is 16.8. The summed E-state index contributed by atoms with van der Waals surface area (Å²) < 4.78 is 8.34. The molecule has 7 nitrogen and oxygen atoms in total. The van der Waals surface area contributed by atoms with Crippen LogP contribution >= 0.6 is 0 Å². The van der Waals surface area contributed by atoms with Gasteiger partial charge in [-0.3, -0.25) is 5.01 Å². The molecule has 0 bridgehead atoms. The number of unbranched alkanes of at least 4 members (excludes halogenated alkanes) is 1. The fraction of sp³-hybridized carbons (Fsp3) is 0.429. The lowest BCUT2D eigenvalue weighted by Gasteiger charge is -2.19. The molecule has 2 amide bonds. The zero-order valence-electron chi connectivity index (χ0n) is 21.5. The number of hydrogen-bond acceptors (Lipinski definition) is 4. The minimum atomic E-state index is -0.358. The second-order valence-electron chi connectivity index (χ2n) is 9.59. The van der Waals surface area contributed by atoms with E-state index in [4.69, 9.17) is 15.7 Å². The van der Waals surface area contributed by atoms with Crippen LogP contribution in [-0.2, 0) is 13.0 Å². The van der Waals surface area contributed by atoms with Gasteiger partial charge in [-0.1, -0.05) is 25.5 Å². The van der Waals surface area contributed by atoms with Gasteiger partial charge in [0.1, 0.15) is 12.4 Å². The van der Waals surface area contributed by atoms with E-state index < -0.39 is 0 Å². The number of nitrogens with zero attached hydrogens (tertiary/aromatic N) is 3. The van der Waals surface area contributed by atoms with Crippen LogP contribution in [0, 0.1) is 20.8 Å². The van der Waals surface area contributed by atoms with Crippen molar-refractivity contribution in [3.8, 4) is 11.4 Å². The highest BCUT2D eigenvalue weighted by Crippen LogP contribution is 2.43. The molecule has 3 aromatic rings. The fourth-order valence-corrected chi connectivity index (χ4v) is 4.58. The van der Waals surface area contributed by atoms with E-state index in [2.05, 4.69) is 51.2 Å². The van der Waals surface area contributed by atoms with E-state index in [1.165, 1.54) is 36.7 Å². The number of aryl methyl sites for hydroxylation is 2. The first kappa shape index (κ1) is 24.8. The molecule has 1 aromatic heterocycles. The number of benzene rings is 2. The minimum Gasteiger partial charge on any atom is -0.489 e. The Labute approximate surface area is 208 Å². The number of carbonyl (C=O) groups is 1. The number of ether oxygens (including phenoxy) is 1. The van der Waals surface area contributed by atoms with Crippen LogP contribution in [0.2, 0.25) is 0 Å². The highest BCUT2D eigenvalue weighted by molar-refractivity contribution is 5.89. The second-order valence-corrected chi connectivity index (χ2v) is 9.59. The van der Waals surface area contributed by atoms with Crippen molar-refractivity contribution in [2.24, 2.45) is 5.84 Å². The van der Waals surface area contributed by atoms with Gasteiger partial charge in [-0.25, -0.2) is 15.3 Å². The molecule has 1 fully saturated rings. The van der Waals surface area contributed by atoms with Crippen LogP contribution in [0.3, 0.4) is 0 Å². The molecule has 0 unspecified atom stereocenters. The normalized spacial score (nSPS) is 13.1. The molecule has 0 aliphatic heterocycles. The second kappa shape index (κ2) is 10.5. The lowest BCUT2D eigenvalue weighted by molar-refractivity contribution is 0.223. The number of amides is 2. The molecule has 1 aliphatic carbocycles. The number of nitrogens with two attached hydrogens (primary N) is 1. The van der Waals surface area contributed by atoms with Crippen molar-refractivity contribution in [1.29, 1.82) is 0 Å². The number of urea groups is 1. The van der Waals surface area contributed by atoms with Crippen LogP contribution in [0.1, 0.15) is 72.2 Å². The Hall–Kier alpha value is -3.32. The quantitative estimate of drug-likeness (QED) is 0.228. The molecule has 7 heteroatoms. The molecule has 186 valence electrons. The number of nitrogens with one attached hydrogen (secondary N) is 1. The maximum absolute atomic E-state index is 12.2. The van der Waals surface area contributed by atoms with Crippen molar-refractivity contribution in [2.75, 3.05) is 12.4 Å². The lowest BCUT2D eigenvalue weighted by Crippen LogP contribution is -2.37. The Balaban J connectivity index is 1.56. The highest BCUT2D eigenvalue weighted by atomic mass is 16.5. The summed E-state index contributed by atoms with van der Waals surface area (Å²) in [6.07, 6.45) is 5.74. The lowest BCUT2D eigenvalue weighted by atomic mass is 10.0. The number of rotatable bonds is 9. The van der Waals surface area contributed by atoms with Crippen molar-refractivity contribution < 1.29 is 9.53 Å². The third-order valence-corrected chi connectivity index (χ3v) is 6.79. The molecule has 2 aromatic carbocycles. The van der Waals surface area contributed by atoms with Gasteiger partial charge in [-0.15, -0.1) is 0 Å². The monoisotopic (exact) mass is 475 g/mol. The van der Waals surface area contributed by atoms with Gasteiger partial charge in [0.25, 0.3) is 0 Å². The number of hydrogen-bond donors (Lipinski definition) is 2. The molecule has 3 N–H and O–H groups in total. The molecular formula is C28H37N5O2. The maximum atomic E-state index is 12.2. The standard InChI is InChI=1S/C28H37N5O2/c1-6-7-9-23-19(3)31-33(20(23)4)22-14-15-27(18(2)16-22)35-17-25-24(21-12-13-21)10-8-11-26(25)30-28(34)32(5)29/h8,10-11,14-16,21H,6-7,9,12-13,17,29H2,1-5H3,(H,30,34).